The Morgan fingerprint density at radius 3 is 2.44 bits per heavy atom. The molecule has 0 aromatic heterocycles. The molecule has 2 N–H and O–H groups in total. The van der Waals surface area contributed by atoms with Crippen LogP contribution in [0.3, 0.4) is 0 Å². The molecule has 1 aromatic carbocycles. The van der Waals surface area contributed by atoms with Gasteiger partial charge < -0.3 is 15.5 Å². The van der Waals surface area contributed by atoms with Crippen molar-refractivity contribution in [2.45, 2.75) is 12.5 Å². The van der Waals surface area contributed by atoms with E-state index in [-0.39, 0.29) is 5.91 Å². The molecule has 0 bridgehead atoms. The third kappa shape index (κ3) is 3.31. The predicted molar refractivity (Wildman–Crippen MR) is 72.2 cm³/mol. The molecule has 1 fully saturated rings. The van der Waals surface area contributed by atoms with Crippen molar-refractivity contribution in [3.8, 4) is 0 Å². The number of carbonyl (C=O) groups is 1. The van der Waals surface area contributed by atoms with Gasteiger partial charge in [0, 0.05) is 26.2 Å². The lowest BCUT2D eigenvalue weighted by Crippen LogP contribution is -2.52. The molecule has 1 heterocycles. The van der Waals surface area contributed by atoms with Crippen molar-refractivity contribution < 1.29 is 4.79 Å². The number of nitrogens with zero attached hydrogens (tertiary/aromatic N) is 2. The maximum atomic E-state index is 12.2. The van der Waals surface area contributed by atoms with Crippen LogP contribution < -0.4 is 5.73 Å². The topological polar surface area (TPSA) is 49.6 Å². The highest BCUT2D eigenvalue weighted by molar-refractivity contribution is 5.82. The summed E-state index contributed by atoms with van der Waals surface area (Å²) in [5.41, 5.74) is 7.13. The number of likely N-dealkylation sites (N-methyl/N-ethyl adjacent to an activating group) is 1. The van der Waals surface area contributed by atoms with Crippen molar-refractivity contribution in [2.24, 2.45) is 5.73 Å². The van der Waals surface area contributed by atoms with Crippen LogP contribution in [0.15, 0.2) is 30.3 Å². The molecule has 0 saturated carbocycles. The van der Waals surface area contributed by atoms with Crippen LogP contribution in [0.2, 0.25) is 0 Å². The summed E-state index contributed by atoms with van der Waals surface area (Å²) in [7, 11) is 2.08. The van der Waals surface area contributed by atoms with Gasteiger partial charge in [-0.25, -0.2) is 0 Å². The molecule has 1 atom stereocenters. The van der Waals surface area contributed by atoms with E-state index in [1.54, 1.807) is 0 Å². The fourth-order valence-electron chi connectivity index (χ4n) is 2.22. The van der Waals surface area contributed by atoms with E-state index >= 15 is 0 Å². The number of hydrogen-bond acceptors (Lipinski definition) is 3. The first-order chi connectivity index (χ1) is 8.66. The van der Waals surface area contributed by atoms with Crippen LogP contribution in [-0.2, 0) is 11.2 Å². The minimum absolute atomic E-state index is 0.0759. The highest BCUT2D eigenvalue weighted by atomic mass is 16.2. The molecule has 1 amide bonds. The van der Waals surface area contributed by atoms with Gasteiger partial charge in [0.2, 0.25) is 5.91 Å². The minimum atomic E-state index is -0.421. The zero-order valence-corrected chi connectivity index (χ0v) is 10.9. The highest BCUT2D eigenvalue weighted by Gasteiger charge is 2.23. The van der Waals surface area contributed by atoms with E-state index in [9.17, 15) is 4.79 Å². The van der Waals surface area contributed by atoms with Crippen LogP contribution in [0.1, 0.15) is 5.56 Å². The first-order valence-electron chi connectivity index (χ1n) is 6.43. The van der Waals surface area contributed by atoms with E-state index in [0.29, 0.717) is 6.42 Å². The average molecular weight is 247 g/mol. The standard InChI is InChI=1S/C14H21N3O/c1-16-7-9-17(10-8-16)14(18)13(15)11-12-5-3-2-4-6-12/h2-6,13H,7-11,15H2,1H3/t13-/m1/s1. The zero-order chi connectivity index (χ0) is 13.0. The van der Waals surface area contributed by atoms with Crippen molar-refractivity contribution in [3.05, 3.63) is 35.9 Å². The van der Waals surface area contributed by atoms with Gasteiger partial charge in [0.1, 0.15) is 0 Å². The second-order valence-corrected chi connectivity index (χ2v) is 4.92. The normalized spacial score (nSPS) is 18.7. The van der Waals surface area contributed by atoms with E-state index in [2.05, 4.69) is 11.9 Å². The van der Waals surface area contributed by atoms with Crippen LogP contribution in [0.5, 0.6) is 0 Å². The number of carbonyl (C=O) groups excluding carboxylic acids is 1. The van der Waals surface area contributed by atoms with Gasteiger partial charge in [0.25, 0.3) is 0 Å². The second-order valence-electron chi connectivity index (χ2n) is 4.92. The van der Waals surface area contributed by atoms with Crippen LogP contribution in [0.4, 0.5) is 0 Å². The van der Waals surface area contributed by atoms with E-state index in [1.807, 2.05) is 35.2 Å². The molecule has 1 saturated heterocycles. The molecule has 4 nitrogen and oxygen atoms in total. The summed E-state index contributed by atoms with van der Waals surface area (Å²) >= 11 is 0. The van der Waals surface area contributed by atoms with Crippen molar-refractivity contribution in [1.82, 2.24) is 9.80 Å². The number of piperazine rings is 1. The lowest BCUT2D eigenvalue weighted by Gasteiger charge is -2.33. The molecule has 1 aromatic rings. The van der Waals surface area contributed by atoms with E-state index in [0.717, 1.165) is 31.7 Å². The third-order valence-corrected chi connectivity index (χ3v) is 3.43. The zero-order valence-electron chi connectivity index (χ0n) is 10.9. The number of nitrogens with two attached hydrogens (primary N) is 1. The Kier molecular flexibility index (Phi) is 4.33. The fourth-order valence-corrected chi connectivity index (χ4v) is 2.22. The van der Waals surface area contributed by atoms with Gasteiger partial charge in [0.05, 0.1) is 6.04 Å². The maximum absolute atomic E-state index is 12.2. The molecule has 1 aliphatic rings. The Bertz CT molecular complexity index is 385. The summed E-state index contributed by atoms with van der Waals surface area (Å²) in [6.07, 6.45) is 0.617. The summed E-state index contributed by atoms with van der Waals surface area (Å²) in [5, 5.41) is 0. The van der Waals surface area contributed by atoms with Gasteiger partial charge in [0.15, 0.2) is 0 Å². The number of rotatable bonds is 3. The first-order valence-corrected chi connectivity index (χ1v) is 6.43. The van der Waals surface area contributed by atoms with Gasteiger partial charge in [-0.1, -0.05) is 30.3 Å². The lowest BCUT2D eigenvalue weighted by atomic mass is 10.1. The average Bonchev–Trinajstić information content (AvgIpc) is 2.40. The number of benzene rings is 1. The Morgan fingerprint density at radius 1 is 1.22 bits per heavy atom. The summed E-state index contributed by atoms with van der Waals surface area (Å²) in [6.45, 7) is 3.45. The third-order valence-electron chi connectivity index (χ3n) is 3.43. The maximum Gasteiger partial charge on any atom is 0.239 e. The van der Waals surface area contributed by atoms with E-state index < -0.39 is 6.04 Å². The SMILES string of the molecule is CN1CCN(C(=O)[C@H](N)Cc2ccccc2)CC1. The molecule has 2 rings (SSSR count). The van der Waals surface area contributed by atoms with Gasteiger partial charge >= 0.3 is 0 Å². The molecule has 18 heavy (non-hydrogen) atoms. The predicted octanol–water partition coefficient (Wildman–Crippen LogP) is 0.330. The van der Waals surface area contributed by atoms with Gasteiger partial charge in [-0.3, -0.25) is 4.79 Å². The van der Waals surface area contributed by atoms with E-state index in [1.165, 1.54) is 0 Å². The Balaban J connectivity index is 1.89. The smallest absolute Gasteiger partial charge is 0.239 e. The van der Waals surface area contributed by atoms with Gasteiger partial charge in [-0.05, 0) is 19.0 Å². The molecule has 0 unspecified atom stereocenters. The molecular formula is C14H21N3O. The van der Waals surface area contributed by atoms with Gasteiger partial charge in [-0.2, -0.15) is 0 Å². The van der Waals surface area contributed by atoms with Gasteiger partial charge in [-0.15, -0.1) is 0 Å². The molecular weight excluding hydrogens is 226 g/mol. The number of hydrogen-bond donors (Lipinski definition) is 1. The summed E-state index contributed by atoms with van der Waals surface area (Å²) in [5.74, 6) is 0.0759. The van der Waals surface area contributed by atoms with Crippen molar-refractivity contribution in [2.75, 3.05) is 33.2 Å². The monoisotopic (exact) mass is 247 g/mol. The van der Waals surface area contributed by atoms with E-state index in [4.69, 9.17) is 5.73 Å². The number of amides is 1. The lowest BCUT2D eigenvalue weighted by molar-refractivity contribution is -0.134. The molecule has 0 radical (unpaired) electrons. The Morgan fingerprint density at radius 2 is 1.83 bits per heavy atom. The Labute approximate surface area is 108 Å². The quantitative estimate of drug-likeness (QED) is 0.837. The van der Waals surface area contributed by atoms with Crippen LogP contribution in [0.25, 0.3) is 0 Å². The van der Waals surface area contributed by atoms with Crippen molar-refractivity contribution in [3.63, 3.8) is 0 Å². The molecule has 0 spiro atoms. The molecule has 0 aliphatic carbocycles. The molecule has 4 heteroatoms. The summed E-state index contributed by atoms with van der Waals surface area (Å²) < 4.78 is 0. The Hall–Kier alpha value is -1.39. The fraction of sp³-hybridized carbons (Fsp3) is 0.500. The second kappa shape index (κ2) is 5.98. The minimum Gasteiger partial charge on any atom is -0.339 e. The summed E-state index contributed by atoms with van der Waals surface area (Å²) in [4.78, 5) is 16.3. The largest absolute Gasteiger partial charge is 0.339 e. The first kappa shape index (κ1) is 13.1. The van der Waals surface area contributed by atoms with Crippen LogP contribution >= 0.6 is 0 Å². The highest BCUT2D eigenvalue weighted by Crippen LogP contribution is 2.06. The van der Waals surface area contributed by atoms with Crippen LogP contribution in [0, 0.1) is 0 Å². The van der Waals surface area contributed by atoms with Crippen LogP contribution in [-0.4, -0.2) is 55.0 Å². The van der Waals surface area contributed by atoms with Crippen molar-refractivity contribution in [1.29, 1.82) is 0 Å². The summed E-state index contributed by atoms with van der Waals surface area (Å²) in [6, 6.07) is 9.52. The molecule has 1 aliphatic heterocycles. The molecule has 98 valence electrons. The van der Waals surface area contributed by atoms with Crippen molar-refractivity contribution >= 4 is 5.91 Å².